The Morgan fingerprint density at radius 3 is 2.70 bits per heavy atom. The van der Waals surface area contributed by atoms with Crippen LogP contribution in [0.4, 0.5) is 0 Å². The van der Waals surface area contributed by atoms with Crippen LogP contribution in [0.25, 0.3) is 0 Å². The summed E-state index contributed by atoms with van der Waals surface area (Å²) in [6, 6.07) is 9.48. The van der Waals surface area contributed by atoms with E-state index in [2.05, 4.69) is 48.3 Å². The second-order valence-corrected chi connectivity index (χ2v) is 8.33. The summed E-state index contributed by atoms with van der Waals surface area (Å²) in [6.07, 6.45) is 5.13. The molecule has 2 bridgehead atoms. The molecule has 1 aromatic carbocycles. The third-order valence-electron chi connectivity index (χ3n) is 7.12. The van der Waals surface area contributed by atoms with E-state index in [1.807, 2.05) is 0 Å². The Morgan fingerprint density at radius 2 is 2.00 bits per heavy atom. The molecule has 5 heteroatoms. The molecule has 0 aliphatic carbocycles. The maximum absolute atomic E-state index is 13.5. The van der Waals surface area contributed by atoms with E-state index in [0.717, 1.165) is 32.2 Å². The molecule has 2 amide bonds. The molecule has 3 aliphatic heterocycles. The Hall–Kier alpha value is -1.88. The number of amides is 2. The van der Waals surface area contributed by atoms with E-state index in [9.17, 15) is 9.59 Å². The van der Waals surface area contributed by atoms with E-state index in [-0.39, 0.29) is 23.8 Å². The third kappa shape index (κ3) is 3.06. The minimum atomic E-state index is -0.318. The number of fused-ring (bicyclic) bond motifs is 2. The van der Waals surface area contributed by atoms with E-state index in [1.54, 1.807) is 4.90 Å². The lowest BCUT2D eigenvalue weighted by atomic mass is 9.70. The molecule has 0 unspecified atom stereocenters. The second kappa shape index (κ2) is 7.27. The second-order valence-electron chi connectivity index (χ2n) is 8.33. The van der Waals surface area contributed by atoms with Gasteiger partial charge in [-0.3, -0.25) is 14.5 Å². The number of hydrogen-bond acceptors (Lipinski definition) is 3. The highest BCUT2D eigenvalue weighted by atomic mass is 16.2. The van der Waals surface area contributed by atoms with Crippen molar-refractivity contribution in [2.75, 3.05) is 19.6 Å². The number of nitrogens with zero attached hydrogens (tertiary/aromatic N) is 2. The van der Waals surface area contributed by atoms with Crippen molar-refractivity contribution in [3.8, 4) is 0 Å². The molecule has 27 heavy (non-hydrogen) atoms. The molecule has 0 aromatic heterocycles. The summed E-state index contributed by atoms with van der Waals surface area (Å²) in [7, 11) is 0. The number of hydrogen-bond donors (Lipinski definition) is 1. The fourth-order valence-corrected chi connectivity index (χ4v) is 5.69. The Kier molecular flexibility index (Phi) is 4.97. The predicted octanol–water partition coefficient (Wildman–Crippen LogP) is 2.34. The van der Waals surface area contributed by atoms with E-state index in [4.69, 9.17) is 0 Å². The van der Waals surface area contributed by atoms with Crippen LogP contribution in [0.1, 0.15) is 50.7 Å². The quantitative estimate of drug-likeness (QED) is 0.867. The molecule has 146 valence electrons. The Morgan fingerprint density at radius 1 is 1.22 bits per heavy atom. The summed E-state index contributed by atoms with van der Waals surface area (Å²) in [5.41, 5.74) is 2.49. The summed E-state index contributed by atoms with van der Waals surface area (Å²) >= 11 is 0. The van der Waals surface area contributed by atoms with E-state index < -0.39 is 0 Å². The molecule has 1 aromatic rings. The van der Waals surface area contributed by atoms with Gasteiger partial charge in [-0.25, -0.2) is 0 Å². The van der Waals surface area contributed by atoms with Crippen LogP contribution in [-0.4, -0.2) is 53.3 Å². The standard InChI is InChI=1S/C22H31N3O2/c1-3-16-7-5-6-8-17(16)14-25-18-9-10-19(25)22(4-2,13-18)21(27)24-12-11-23-20(26)15-24/h5-8,18-19H,3-4,9-15H2,1-2H3,(H,23,26)/t18-,19+,22+/m0/s1. The van der Waals surface area contributed by atoms with E-state index >= 15 is 0 Å². The lowest BCUT2D eigenvalue weighted by Crippen LogP contribution is -2.57. The fraction of sp³-hybridized carbons (Fsp3) is 0.636. The molecule has 4 rings (SSSR count). The van der Waals surface area contributed by atoms with Crippen molar-refractivity contribution >= 4 is 11.8 Å². The number of carbonyl (C=O) groups is 2. The molecule has 0 spiro atoms. The topological polar surface area (TPSA) is 52.7 Å². The van der Waals surface area contributed by atoms with Crippen LogP contribution in [0.5, 0.6) is 0 Å². The van der Waals surface area contributed by atoms with Crippen LogP contribution in [0.3, 0.4) is 0 Å². The van der Waals surface area contributed by atoms with Crippen molar-refractivity contribution in [1.82, 2.24) is 15.1 Å². The number of nitrogens with one attached hydrogen (secondary N) is 1. The summed E-state index contributed by atoms with van der Waals surface area (Å²) in [5.74, 6) is 0.179. The third-order valence-corrected chi connectivity index (χ3v) is 7.12. The first-order chi connectivity index (χ1) is 13.1. The molecule has 5 nitrogen and oxygen atoms in total. The van der Waals surface area contributed by atoms with Crippen molar-refractivity contribution in [2.24, 2.45) is 5.41 Å². The fourth-order valence-electron chi connectivity index (χ4n) is 5.69. The molecule has 1 N–H and O–H groups in total. The van der Waals surface area contributed by atoms with Gasteiger partial charge in [-0.1, -0.05) is 38.1 Å². The highest BCUT2D eigenvalue weighted by Crippen LogP contribution is 2.53. The average Bonchev–Trinajstić information content (AvgIpc) is 3.23. The summed E-state index contributed by atoms with van der Waals surface area (Å²) in [4.78, 5) is 29.7. The number of benzene rings is 1. The molecule has 0 radical (unpaired) electrons. The van der Waals surface area contributed by atoms with Crippen molar-refractivity contribution < 1.29 is 9.59 Å². The Balaban J connectivity index is 1.57. The maximum Gasteiger partial charge on any atom is 0.239 e. The molecule has 3 atom stereocenters. The number of aryl methyl sites for hydroxylation is 1. The molecule has 3 heterocycles. The SMILES string of the molecule is CCc1ccccc1CN1[C@H]2CC[C@@H]1[C@](CC)(C(=O)N1CCNC(=O)C1)C2. The van der Waals surface area contributed by atoms with Gasteiger partial charge in [-0.05, 0) is 43.2 Å². The zero-order chi connectivity index (χ0) is 19.0. The highest BCUT2D eigenvalue weighted by Gasteiger charge is 2.59. The minimum Gasteiger partial charge on any atom is -0.353 e. The van der Waals surface area contributed by atoms with Crippen molar-refractivity contribution in [1.29, 1.82) is 0 Å². The minimum absolute atomic E-state index is 0.0299. The van der Waals surface area contributed by atoms with Gasteiger partial charge in [0.1, 0.15) is 0 Å². The molecular weight excluding hydrogens is 338 g/mol. The first-order valence-corrected chi connectivity index (χ1v) is 10.5. The van der Waals surface area contributed by atoms with Gasteiger partial charge in [0.15, 0.2) is 0 Å². The number of carbonyl (C=O) groups excluding carboxylic acids is 2. The Bertz CT molecular complexity index is 734. The van der Waals surface area contributed by atoms with Gasteiger partial charge in [0, 0.05) is 31.7 Å². The summed E-state index contributed by atoms with van der Waals surface area (Å²) < 4.78 is 0. The summed E-state index contributed by atoms with van der Waals surface area (Å²) in [6.45, 7) is 6.74. The van der Waals surface area contributed by atoms with Gasteiger partial charge in [-0.2, -0.15) is 0 Å². The van der Waals surface area contributed by atoms with Crippen LogP contribution in [-0.2, 0) is 22.6 Å². The van der Waals surface area contributed by atoms with Gasteiger partial charge in [0.25, 0.3) is 0 Å². The first kappa shape index (κ1) is 18.5. The first-order valence-electron chi connectivity index (χ1n) is 10.5. The average molecular weight is 370 g/mol. The largest absolute Gasteiger partial charge is 0.353 e. The Labute approximate surface area is 162 Å². The molecule has 3 saturated heterocycles. The van der Waals surface area contributed by atoms with Crippen LogP contribution in [0.15, 0.2) is 24.3 Å². The zero-order valence-electron chi connectivity index (χ0n) is 16.5. The lowest BCUT2D eigenvalue weighted by Gasteiger charge is -2.40. The monoisotopic (exact) mass is 369 g/mol. The maximum atomic E-state index is 13.5. The zero-order valence-corrected chi connectivity index (χ0v) is 16.5. The normalized spacial score (nSPS) is 30.6. The summed E-state index contributed by atoms with van der Waals surface area (Å²) in [5, 5.41) is 2.83. The van der Waals surface area contributed by atoms with Crippen LogP contribution >= 0.6 is 0 Å². The van der Waals surface area contributed by atoms with Crippen LogP contribution in [0.2, 0.25) is 0 Å². The number of piperazine rings is 1. The molecule has 3 fully saturated rings. The van der Waals surface area contributed by atoms with Crippen molar-refractivity contribution in [2.45, 2.75) is 64.6 Å². The van der Waals surface area contributed by atoms with Gasteiger partial charge in [0.2, 0.25) is 11.8 Å². The highest BCUT2D eigenvalue weighted by molar-refractivity contribution is 5.89. The van der Waals surface area contributed by atoms with Crippen molar-refractivity contribution in [3.05, 3.63) is 35.4 Å². The van der Waals surface area contributed by atoms with Gasteiger partial charge < -0.3 is 10.2 Å². The predicted molar refractivity (Wildman–Crippen MR) is 105 cm³/mol. The lowest BCUT2D eigenvalue weighted by molar-refractivity contribution is -0.148. The number of rotatable bonds is 5. The molecular formula is C22H31N3O2. The molecule has 0 saturated carbocycles. The van der Waals surface area contributed by atoms with Crippen LogP contribution in [0, 0.1) is 5.41 Å². The van der Waals surface area contributed by atoms with Crippen molar-refractivity contribution in [3.63, 3.8) is 0 Å². The molecule has 3 aliphatic rings. The van der Waals surface area contributed by atoms with Gasteiger partial charge in [0.05, 0.1) is 12.0 Å². The van der Waals surface area contributed by atoms with Crippen LogP contribution < -0.4 is 5.32 Å². The van der Waals surface area contributed by atoms with E-state index in [0.29, 0.717) is 25.2 Å². The van der Waals surface area contributed by atoms with E-state index in [1.165, 1.54) is 17.5 Å². The van der Waals surface area contributed by atoms with Gasteiger partial charge in [-0.15, -0.1) is 0 Å². The smallest absolute Gasteiger partial charge is 0.239 e. The van der Waals surface area contributed by atoms with Gasteiger partial charge >= 0.3 is 0 Å².